The zero-order valence-electron chi connectivity index (χ0n) is 32.8. The number of imide groups is 2. The largest absolute Gasteiger partial charge is 0.383 e. The number of fused-ring (bicyclic) bond motifs is 2. The zero-order chi connectivity index (χ0) is 40.7. The van der Waals surface area contributed by atoms with Crippen LogP contribution in [0.1, 0.15) is 67.6 Å². The molecule has 13 heteroatoms. The average Bonchev–Trinajstić information content (AvgIpc) is 3.23. The molecule has 0 radical (unpaired) electrons. The summed E-state index contributed by atoms with van der Waals surface area (Å²) >= 11 is 0. The topological polar surface area (TPSA) is 140 Å². The van der Waals surface area contributed by atoms with E-state index >= 15 is 0 Å². The summed E-state index contributed by atoms with van der Waals surface area (Å²) in [4.78, 5) is 60.6. The number of carbonyl (C=O) groups is 4. The van der Waals surface area contributed by atoms with Gasteiger partial charge in [0.25, 0.3) is 23.6 Å². The van der Waals surface area contributed by atoms with Crippen molar-refractivity contribution >= 4 is 82.2 Å². The Hall–Kier alpha value is -5.31. The van der Waals surface area contributed by atoms with Crippen molar-refractivity contribution in [2.75, 3.05) is 77.5 Å². The quantitative estimate of drug-likeness (QED) is 0.0399. The first-order valence-corrected chi connectivity index (χ1v) is 21.3. The Balaban J connectivity index is 1.11. The second-order valence-corrected chi connectivity index (χ2v) is 16.9. The molecule has 2 aliphatic rings. The first-order valence-electron chi connectivity index (χ1n) is 19.7. The van der Waals surface area contributed by atoms with Gasteiger partial charge in [-0.2, -0.15) is 0 Å². The van der Waals surface area contributed by atoms with Gasteiger partial charge in [0.2, 0.25) is 0 Å². The molecule has 0 saturated heterocycles. The van der Waals surface area contributed by atoms with E-state index in [0.29, 0.717) is 79.0 Å². The lowest BCUT2D eigenvalue weighted by atomic mass is 9.82. The van der Waals surface area contributed by atoms with Crippen LogP contribution in [0.2, 0.25) is 0 Å². The number of hydrogen-bond acceptors (Lipinski definition) is 10. The number of amides is 4. The number of nitrogens with zero attached hydrogens (tertiary/aromatic N) is 3. The number of benzene rings is 6. The SMILES string of the molecule is CCCCOCCCN1C(=O)c2ccc3c4ccc5c6c(ccc(c7ccc(c2c37)C1=O)c64)C(=O)N(c1ccc(S(=O)(=O)CCN(CCOC)CCOC)cc1)C5=O. The number of methoxy groups -OCH3 is 2. The van der Waals surface area contributed by atoms with E-state index in [9.17, 15) is 27.6 Å². The molecule has 0 fully saturated rings. The van der Waals surface area contributed by atoms with Gasteiger partial charge in [-0.1, -0.05) is 37.6 Å². The highest BCUT2D eigenvalue weighted by Gasteiger charge is 2.37. The van der Waals surface area contributed by atoms with E-state index in [-0.39, 0.29) is 41.2 Å². The molecule has 6 aromatic rings. The Kier molecular flexibility index (Phi) is 11.0. The second-order valence-electron chi connectivity index (χ2n) is 14.8. The third kappa shape index (κ3) is 6.70. The highest BCUT2D eigenvalue weighted by Crippen LogP contribution is 2.46. The molecule has 8 rings (SSSR count). The number of unbranched alkanes of at least 4 members (excludes halogenated alkanes) is 1. The maximum atomic E-state index is 14.3. The van der Waals surface area contributed by atoms with E-state index in [0.717, 1.165) is 50.1 Å². The third-order valence-electron chi connectivity index (χ3n) is 11.4. The van der Waals surface area contributed by atoms with Crippen molar-refractivity contribution in [2.24, 2.45) is 0 Å². The van der Waals surface area contributed by atoms with Gasteiger partial charge >= 0.3 is 0 Å². The number of sulfone groups is 1. The standard InChI is InChI=1S/C45H45N3O9S/c1-4-5-23-57-24-6-19-47-42(49)34-15-11-30-32-13-17-36-41-37(18-14-33(39(32)41)31-12-16-35(43(47)50)40(34)38(30)31)45(52)48(44(36)51)28-7-9-29(10-8-28)58(53,54)27-22-46(20-25-55-2)21-26-56-3/h7-18H,4-6,19-27H2,1-3H3. The molecule has 0 spiro atoms. The minimum atomic E-state index is -3.68. The number of hydrogen-bond donors (Lipinski definition) is 0. The molecule has 6 aromatic carbocycles. The monoisotopic (exact) mass is 803 g/mol. The lowest BCUT2D eigenvalue weighted by Crippen LogP contribution is -2.41. The molecular formula is C45H45N3O9S. The molecule has 0 bridgehead atoms. The molecule has 2 aliphatic heterocycles. The minimum absolute atomic E-state index is 0.0906. The molecular weight excluding hydrogens is 759 g/mol. The maximum Gasteiger partial charge on any atom is 0.265 e. The summed E-state index contributed by atoms with van der Waals surface area (Å²) < 4.78 is 42.7. The number of anilines is 1. The van der Waals surface area contributed by atoms with Gasteiger partial charge < -0.3 is 14.2 Å². The first kappa shape index (κ1) is 39.5. The lowest BCUT2D eigenvalue weighted by molar-refractivity contribution is 0.0582. The summed E-state index contributed by atoms with van der Waals surface area (Å²) in [5.74, 6) is -1.84. The molecule has 0 atom stereocenters. The molecule has 0 aliphatic carbocycles. The predicted molar refractivity (Wildman–Crippen MR) is 223 cm³/mol. The Morgan fingerprint density at radius 3 is 1.48 bits per heavy atom. The molecule has 0 unspecified atom stereocenters. The Labute approximate surface area is 336 Å². The van der Waals surface area contributed by atoms with Gasteiger partial charge in [0.05, 0.1) is 29.5 Å². The van der Waals surface area contributed by atoms with Gasteiger partial charge in [-0.3, -0.25) is 29.0 Å². The van der Waals surface area contributed by atoms with Gasteiger partial charge in [0.1, 0.15) is 0 Å². The predicted octanol–water partition coefficient (Wildman–Crippen LogP) is 6.71. The van der Waals surface area contributed by atoms with Crippen molar-refractivity contribution in [3.63, 3.8) is 0 Å². The van der Waals surface area contributed by atoms with E-state index in [4.69, 9.17) is 14.2 Å². The molecule has 4 amide bonds. The summed E-state index contributed by atoms with van der Waals surface area (Å²) in [6, 6.07) is 20.3. The van der Waals surface area contributed by atoms with Crippen molar-refractivity contribution < 1.29 is 41.8 Å². The van der Waals surface area contributed by atoms with Crippen LogP contribution in [0, 0.1) is 0 Å². The maximum absolute atomic E-state index is 14.3. The smallest absolute Gasteiger partial charge is 0.265 e. The van der Waals surface area contributed by atoms with Gasteiger partial charge in [-0.05, 0) is 93.7 Å². The average molecular weight is 804 g/mol. The van der Waals surface area contributed by atoms with Gasteiger partial charge in [0.15, 0.2) is 9.84 Å². The molecule has 0 saturated carbocycles. The second kappa shape index (κ2) is 16.1. The number of ether oxygens (including phenoxy) is 3. The van der Waals surface area contributed by atoms with E-state index in [1.807, 2.05) is 29.2 Å². The van der Waals surface area contributed by atoms with Crippen molar-refractivity contribution in [3.05, 3.63) is 95.1 Å². The van der Waals surface area contributed by atoms with Crippen LogP contribution in [0.4, 0.5) is 5.69 Å². The third-order valence-corrected chi connectivity index (χ3v) is 13.1. The Morgan fingerprint density at radius 1 is 0.552 bits per heavy atom. The Bertz CT molecular complexity index is 2580. The fourth-order valence-electron chi connectivity index (χ4n) is 8.37. The highest BCUT2D eigenvalue weighted by molar-refractivity contribution is 7.91. The molecule has 58 heavy (non-hydrogen) atoms. The van der Waals surface area contributed by atoms with Crippen molar-refractivity contribution in [1.29, 1.82) is 0 Å². The summed E-state index contributed by atoms with van der Waals surface area (Å²) in [5.41, 5.74) is 1.86. The highest BCUT2D eigenvalue weighted by atomic mass is 32.2. The number of carbonyl (C=O) groups excluding carboxylic acids is 4. The van der Waals surface area contributed by atoms with Crippen LogP contribution in [0.5, 0.6) is 0 Å². The summed E-state index contributed by atoms with van der Waals surface area (Å²) in [5, 5.41) is 5.89. The van der Waals surface area contributed by atoms with Crippen LogP contribution in [-0.2, 0) is 24.0 Å². The fourth-order valence-corrected chi connectivity index (χ4v) is 9.66. The Morgan fingerprint density at radius 2 is 1.02 bits per heavy atom. The van der Waals surface area contributed by atoms with Crippen LogP contribution in [-0.4, -0.2) is 114 Å². The van der Waals surface area contributed by atoms with E-state index in [2.05, 4.69) is 6.92 Å². The van der Waals surface area contributed by atoms with Crippen molar-refractivity contribution in [1.82, 2.24) is 9.80 Å². The van der Waals surface area contributed by atoms with Crippen LogP contribution in [0.15, 0.2) is 77.7 Å². The van der Waals surface area contributed by atoms with E-state index in [1.165, 1.54) is 29.2 Å². The summed E-state index contributed by atoms with van der Waals surface area (Å²) in [7, 11) is -0.497. The van der Waals surface area contributed by atoms with Crippen LogP contribution >= 0.6 is 0 Å². The van der Waals surface area contributed by atoms with Crippen LogP contribution < -0.4 is 4.90 Å². The van der Waals surface area contributed by atoms with Crippen LogP contribution in [0.3, 0.4) is 0 Å². The summed E-state index contributed by atoms with van der Waals surface area (Å²) in [6.45, 7) is 5.80. The van der Waals surface area contributed by atoms with Gasteiger partial charge in [-0.15, -0.1) is 0 Å². The summed E-state index contributed by atoms with van der Waals surface area (Å²) in [6.07, 6.45) is 2.54. The molecule has 12 nitrogen and oxygen atoms in total. The molecule has 300 valence electrons. The zero-order valence-corrected chi connectivity index (χ0v) is 33.7. The van der Waals surface area contributed by atoms with Crippen molar-refractivity contribution in [2.45, 2.75) is 31.1 Å². The van der Waals surface area contributed by atoms with Crippen LogP contribution in [0.25, 0.3) is 43.1 Å². The molecule has 0 aromatic heterocycles. The molecule has 0 N–H and O–H groups in total. The minimum Gasteiger partial charge on any atom is -0.383 e. The first-order chi connectivity index (χ1) is 28.1. The van der Waals surface area contributed by atoms with Gasteiger partial charge in [0, 0.05) is 86.6 Å². The van der Waals surface area contributed by atoms with E-state index in [1.54, 1.807) is 38.5 Å². The fraction of sp³-hybridized carbons (Fsp3) is 0.333. The lowest BCUT2D eigenvalue weighted by Gasteiger charge is -2.30. The van der Waals surface area contributed by atoms with E-state index < -0.39 is 21.7 Å². The van der Waals surface area contributed by atoms with Gasteiger partial charge in [-0.25, -0.2) is 13.3 Å². The van der Waals surface area contributed by atoms with Crippen molar-refractivity contribution in [3.8, 4) is 0 Å². The normalized spacial score (nSPS) is 14.5. The molecule has 2 heterocycles. The number of rotatable bonds is 18.